The van der Waals surface area contributed by atoms with Crippen LogP contribution < -0.4 is 0 Å². The highest BCUT2D eigenvalue weighted by molar-refractivity contribution is 7.84. The van der Waals surface area contributed by atoms with Gasteiger partial charge in [0, 0.05) is 36.2 Å². The first kappa shape index (κ1) is 32.9. The van der Waals surface area contributed by atoms with Crippen LogP contribution in [0.3, 0.4) is 0 Å². The highest BCUT2D eigenvalue weighted by atomic mass is 35.5. The first-order valence-electron chi connectivity index (χ1n) is 15.1. The van der Waals surface area contributed by atoms with Crippen LogP contribution in [0.25, 0.3) is 16.8 Å². The molecular weight excluding hydrogens is 621 g/mol. The Morgan fingerprint density at radius 2 is 1.80 bits per heavy atom. The monoisotopic (exact) mass is 657 g/mol. The molecule has 0 radical (unpaired) electrons. The number of rotatable bonds is 10. The third-order valence-corrected chi connectivity index (χ3v) is 10.7. The van der Waals surface area contributed by atoms with Crippen LogP contribution in [0.4, 0.5) is 0 Å². The Kier molecular flexibility index (Phi) is 10.8. The molecule has 1 unspecified atom stereocenters. The summed E-state index contributed by atoms with van der Waals surface area (Å²) < 4.78 is 12.3. The van der Waals surface area contributed by atoms with Crippen molar-refractivity contribution in [3.05, 3.63) is 117 Å². The van der Waals surface area contributed by atoms with Crippen LogP contribution in [0.2, 0.25) is 10.0 Å². The number of halogens is 2. The molecule has 2 atom stereocenters. The average Bonchev–Trinajstić information content (AvgIpc) is 3.06. The number of likely N-dealkylation sites (tertiary alicyclic amines) is 1. The van der Waals surface area contributed by atoms with Crippen LogP contribution in [0.5, 0.6) is 0 Å². The third kappa shape index (κ3) is 7.34. The molecule has 4 aromatic carbocycles. The van der Waals surface area contributed by atoms with Crippen LogP contribution >= 0.6 is 23.2 Å². The number of benzene rings is 4. The van der Waals surface area contributed by atoms with Crippen LogP contribution in [-0.2, 0) is 10.8 Å². The van der Waals surface area contributed by atoms with Gasteiger partial charge in [0.15, 0.2) is 0 Å². The van der Waals surface area contributed by atoms with Gasteiger partial charge in [-0.15, -0.1) is 0 Å². The van der Waals surface area contributed by atoms with E-state index in [0.717, 1.165) is 60.1 Å². The summed E-state index contributed by atoms with van der Waals surface area (Å²) in [7, 11) is 0.805. The van der Waals surface area contributed by atoms with Crippen molar-refractivity contribution < 1.29 is 9.00 Å². The zero-order valence-corrected chi connectivity index (χ0v) is 28.0. The zero-order chi connectivity index (χ0) is 32.1. The molecule has 5 rings (SSSR count). The molecule has 0 saturated carbocycles. The van der Waals surface area contributed by atoms with Gasteiger partial charge in [-0.2, -0.15) is 5.26 Å². The van der Waals surface area contributed by atoms with Crippen molar-refractivity contribution in [2.75, 3.05) is 39.5 Å². The Labute approximate surface area is 278 Å². The molecule has 1 aliphatic rings. The third-order valence-electron chi connectivity index (χ3n) is 8.93. The Hall–Kier alpha value is -3.47. The number of fused-ring (bicyclic) bond motifs is 1. The first-order chi connectivity index (χ1) is 21.7. The molecule has 0 spiro atoms. The van der Waals surface area contributed by atoms with E-state index >= 15 is 0 Å². The van der Waals surface area contributed by atoms with Crippen molar-refractivity contribution in [3.63, 3.8) is 0 Å². The van der Waals surface area contributed by atoms with E-state index in [9.17, 15) is 14.3 Å². The molecule has 8 heteroatoms. The first-order valence-corrected chi connectivity index (χ1v) is 17.5. The number of hydrogen-bond donors (Lipinski definition) is 0. The van der Waals surface area contributed by atoms with Gasteiger partial charge in [-0.25, -0.2) is 0 Å². The van der Waals surface area contributed by atoms with E-state index in [0.29, 0.717) is 39.2 Å². The lowest BCUT2D eigenvalue weighted by atomic mass is 9.88. The van der Waals surface area contributed by atoms with Gasteiger partial charge in [0.05, 0.1) is 38.0 Å². The van der Waals surface area contributed by atoms with Gasteiger partial charge >= 0.3 is 0 Å². The maximum absolute atomic E-state index is 14.1. The number of carbonyl (C=O) groups excluding carboxylic acids is 1. The Bertz CT molecular complexity index is 1790. The molecule has 1 saturated heterocycles. The molecule has 4 aromatic rings. The topological polar surface area (TPSA) is 64.4 Å². The summed E-state index contributed by atoms with van der Waals surface area (Å²) in [6, 6.07) is 25.5. The van der Waals surface area contributed by atoms with Crippen molar-refractivity contribution >= 4 is 56.8 Å². The van der Waals surface area contributed by atoms with Crippen LogP contribution in [0.1, 0.15) is 63.7 Å². The van der Waals surface area contributed by atoms with E-state index < -0.39 is 10.8 Å². The van der Waals surface area contributed by atoms with Gasteiger partial charge in [-0.3, -0.25) is 9.00 Å². The summed E-state index contributed by atoms with van der Waals surface area (Å²) in [5, 5.41) is 12.5. The summed E-state index contributed by atoms with van der Waals surface area (Å²) in [4.78, 5) is 19.3. The molecule has 45 heavy (non-hydrogen) atoms. The van der Waals surface area contributed by atoms with Crippen molar-refractivity contribution in [3.8, 4) is 6.07 Å². The maximum atomic E-state index is 14.1. The Balaban J connectivity index is 1.35. The minimum atomic E-state index is -1.01. The Morgan fingerprint density at radius 3 is 2.49 bits per heavy atom. The molecule has 1 fully saturated rings. The number of nitriles is 1. The summed E-state index contributed by atoms with van der Waals surface area (Å²) >= 11 is 12.7. The van der Waals surface area contributed by atoms with Gasteiger partial charge in [0.25, 0.3) is 5.91 Å². The summed E-state index contributed by atoms with van der Waals surface area (Å²) in [5.41, 5.74) is 3.70. The molecule has 1 aliphatic heterocycles. The molecule has 0 aliphatic carbocycles. The molecule has 0 aromatic heterocycles. The largest absolute Gasteiger partial charge is 0.341 e. The maximum Gasteiger partial charge on any atom is 0.254 e. The van der Waals surface area contributed by atoms with E-state index in [4.69, 9.17) is 23.2 Å². The predicted molar refractivity (Wildman–Crippen MR) is 187 cm³/mol. The second kappa shape index (κ2) is 14.7. The molecule has 0 N–H and O–H groups in total. The number of carbonyl (C=O) groups is 1. The molecule has 232 valence electrons. The second-order valence-corrected chi connectivity index (χ2v) is 13.9. The lowest BCUT2D eigenvalue weighted by Crippen LogP contribution is -2.36. The minimum Gasteiger partial charge on any atom is -0.341 e. The van der Waals surface area contributed by atoms with E-state index in [1.165, 1.54) is 5.56 Å². The van der Waals surface area contributed by atoms with E-state index in [1.54, 1.807) is 17.2 Å². The van der Waals surface area contributed by atoms with Gasteiger partial charge in [-0.1, -0.05) is 84.4 Å². The highest BCUT2D eigenvalue weighted by Crippen LogP contribution is 2.34. The SMILES string of the molecule is C=Cc1c(C#N)cc2ccccc2c1C(=O)N(C)C[C@@H](CCN1CCC(c2ccccc2S(C)=O)CC1)c1ccc(Cl)c(Cl)c1. The highest BCUT2D eigenvalue weighted by Gasteiger charge is 2.27. The molecule has 1 heterocycles. The fourth-order valence-electron chi connectivity index (χ4n) is 6.52. The van der Waals surface area contributed by atoms with E-state index in [-0.39, 0.29) is 11.8 Å². The summed E-state index contributed by atoms with van der Waals surface area (Å²) in [6.07, 6.45) is 6.19. The van der Waals surface area contributed by atoms with Gasteiger partial charge < -0.3 is 9.80 Å². The number of nitrogens with zero attached hydrogens (tertiary/aromatic N) is 3. The molecular formula is C37H37Cl2N3O2S. The van der Waals surface area contributed by atoms with E-state index in [2.05, 4.69) is 23.6 Å². The van der Waals surface area contributed by atoms with Gasteiger partial charge in [0.1, 0.15) is 0 Å². The predicted octanol–water partition coefficient (Wildman–Crippen LogP) is 8.52. The van der Waals surface area contributed by atoms with Crippen molar-refractivity contribution in [2.45, 2.75) is 36.0 Å². The summed E-state index contributed by atoms with van der Waals surface area (Å²) in [5.74, 6) is 0.248. The number of likely N-dealkylation sites (N-methyl/N-ethyl adjacent to an activating group) is 1. The zero-order valence-electron chi connectivity index (χ0n) is 25.6. The quantitative estimate of drug-likeness (QED) is 0.171. The smallest absolute Gasteiger partial charge is 0.254 e. The number of amides is 1. The number of hydrogen-bond acceptors (Lipinski definition) is 4. The van der Waals surface area contributed by atoms with Crippen molar-refractivity contribution in [1.82, 2.24) is 9.80 Å². The summed E-state index contributed by atoms with van der Waals surface area (Å²) in [6.45, 7) is 7.16. The Morgan fingerprint density at radius 1 is 1.09 bits per heavy atom. The fourth-order valence-corrected chi connectivity index (χ4v) is 7.66. The second-order valence-electron chi connectivity index (χ2n) is 11.7. The lowest BCUT2D eigenvalue weighted by Gasteiger charge is -2.34. The van der Waals surface area contributed by atoms with E-state index in [1.807, 2.05) is 73.8 Å². The van der Waals surface area contributed by atoms with Crippen LogP contribution in [0, 0.1) is 11.3 Å². The fraction of sp³-hybridized carbons (Fsp3) is 0.297. The molecule has 5 nitrogen and oxygen atoms in total. The minimum absolute atomic E-state index is 0.00673. The molecule has 0 bridgehead atoms. The standard InChI is InChI=1S/C37H37Cl2N3O2S/c1-4-30-29(23-40)21-27-9-5-6-11-32(27)36(30)37(43)41(2)24-28(26-13-14-33(38)34(39)22-26)17-20-42-18-15-25(16-19-42)31-10-7-8-12-35(31)45(3)44/h4-14,21-22,25,28H,1,15-20,24H2,2-3H3/t28-,45?/m1/s1. The van der Waals surface area contributed by atoms with Crippen LogP contribution in [-0.4, -0.2) is 59.4 Å². The van der Waals surface area contributed by atoms with Gasteiger partial charge in [0.2, 0.25) is 0 Å². The average molecular weight is 659 g/mol. The normalized spacial score (nSPS) is 15.4. The van der Waals surface area contributed by atoms with Gasteiger partial charge in [-0.05, 0) is 91.0 Å². The van der Waals surface area contributed by atoms with Crippen molar-refractivity contribution in [2.24, 2.45) is 0 Å². The van der Waals surface area contributed by atoms with Crippen molar-refractivity contribution in [1.29, 1.82) is 5.26 Å². The number of piperidine rings is 1. The molecule has 1 amide bonds. The lowest BCUT2D eigenvalue weighted by molar-refractivity contribution is 0.0783. The van der Waals surface area contributed by atoms with Crippen LogP contribution in [0.15, 0.2) is 84.3 Å².